The summed E-state index contributed by atoms with van der Waals surface area (Å²) in [6.07, 6.45) is -2.20. The molecule has 26 heavy (non-hydrogen) atoms. The monoisotopic (exact) mass is 363 g/mol. The van der Waals surface area contributed by atoms with Gasteiger partial charge in [-0.05, 0) is 50.3 Å². The van der Waals surface area contributed by atoms with Gasteiger partial charge in [0.15, 0.2) is 5.69 Å². The minimum Gasteiger partial charge on any atom is -0.339 e. The normalized spacial score (nSPS) is 18.5. The number of hydrogen-bond donors (Lipinski definition) is 0. The van der Waals surface area contributed by atoms with Crippen molar-refractivity contribution in [3.63, 3.8) is 0 Å². The molecule has 4 rings (SSSR count). The third-order valence-electron chi connectivity index (χ3n) is 4.45. The lowest BCUT2D eigenvalue weighted by molar-refractivity contribution is -0.141. The van der Waals surface area contributed by atoms with Gasteiger partial charge in [0, 0.05) is 18.3 Å². The summed E-state index contributed by atoms with van der Waals surface area (Å²) >= 11 is 0. The standard InChI is InChI=1S/C17H16F3N5O/c1-24-8-6-12(10-24)16-21-15(23-26-16)11-2-4-13(5-3-11)25-9-7-14(22-25)17(18,19)20/h2-5,7,9,12H,6,8,10H2,1H3. The minimum atomic E-state index is -4.46. The van der Waals surface area contributed by atoms with Crippen LogP contribution in [0.3, 0.4) is 0 Å². The molecule has 136 valence electrons. The van der Waals surface area contributed by atoms with Crippen LogP contribution in [0.25, 0.3) is 17.1 Å². The Morgan fingerprint density at radius 1 is 1.15 bits per heavy atom. The maximum Gasteiger partial charge on any atom is 0.435 e. The molecule has 0 bridgehead atoms. The lowest BCUT2D eigenvalue weighted by Crippen LogP contribution is -2.13. The van der Waals surface area contributed by atoms with Crippen molar-refractivity contribution in [2.45, 2.75) is 18.5 Å². The first-order valence-corrected chi connectivity index (χ1v) is 8.16. The SMILES string of the molecule is CN1CCC(c2nc(-c3ccc(-n4ccc(C(F)(F)F)n4)cc3)no2)C1. The number of rotatable bonds is 3. The van der Waals surface area contributed by atoms with Crippen LogP contribution in [-0.2, 0) is 6.18 Å². The van der Waals surface area contributed by atoms with Gasteiger partial charge in [-0.15, -0.1) is 0 Å². The van der Waals surface area contributed by atoms with Gasteiger partial charge in [0.05, 0.1) is 11.6 Å². The zero-order chi connectivity index (χ0) is 18.3. The van der Waals surface area contributed by atoms with E-state index in [0.717, 1.165) is 31.1 Å². The van der Waals surface area contributed by atoms with Crippen LogP contribution < -0.4 is 0 Å². The third-order valence-corrected chi connectivity index (χ3v) is 4.45. The molecule has 1 aromatic carbocycles. The van der Waals surface area contributed by atoms with Gasteiger partial charge in [-0.1, -0.05) is 5.16 Å². The van der Waals surface area contributed by atoms with E-state index in [1.54, 1.807) is 24.3 Å². The van der Waals surface area contributed by atoms with E-state index >= 15 is 0 Å². The highest BCUT2D eigenvalue weighted by molar-refractivity contribution is 5.56. The molecule has 6 nitrogen and oxygen atoms in total. The molecule has 1 saturated heterocycles. The summed E-state index contributed by atoms with van der Waals surface area (Å²) in [5, 5.41) is 7.57. The van der Waals surface area contributed by atoms with E-state index in [-0.39, 0.29) is 5.92 Å². The first kappa shape index (κ1) is 16.8. The van der Waals surface area contributed by atoms with Gasteiger partial charge < -0.3 is 9.42 Å². The zero-order valence-electron chi connectivity index (χ0n) is 13.9. The van der Waals surface area contributed by atoms with Crippen LogP contribution in [0.4, 0.5) is 13.2 Å². The van der Waals surface area contributed by atoms with E-state index in [4.69, 9.17) is 4.52 Å². The van der Waals surface area contributed by atoms with Crippen molar-refractivity contribution in [3.05, 3.63) is 48.1 Å². The number of likely N-dealkylation sites (N-methyl/N-ethyl adjacent to an activating group) is 1. The van der Waals surface area contributed by atoms with Gasteiger partial charge in [0.25, 0.3) is 0 Å². The van der Waals surface area contributed by atoms with Gasteiger partial charge >= 0.3 is 6.18 Å². The predicted molar refractivity (Wildman–Crippen MR) is 86.7 cm³/mol. The molecule has 3 heterocycles. The molecule has 1 aliphatic rings. The van der Waals surface area contributed by atoms with Crippen LogP contribution in [0, 0.1) is 0 Å². The molecule has 1 unspecified atom stereocenters. The average molecular weight is 363 g/mol. The molecule has 0 saturated carbocycles. The number of likely N-dealkylation sites (tertiary alicyclic amines) is 1. The van der Waals surface area contributed by atoms with Crippen LogP contribution in [-0.4, -0.2) is 45.0 Å². The summed E-state index contributed by atoms with van der Waals surface area (Å²) in [5.74, 6) is 1.33. The summed E-state index contributed by atoms with van der Waals surface area (Å²) < 4.78 is 44.5. The highest BCUT2D eigenvalue weighted by atomic mass is 19.4. The van der Waals surface area contributed by atoms with E-state index in [9.17, 15) is 13.2 Å². The lowest BCUT2D eigenvalue weighted by atomic mass is 10.1. The van der Waals surface area contributed by atoms with E-state index in [0.29, 0.717) is 17.4 Å². The fourth-order valence-corrected chi connectivity index (χ4v) is 3.04. The largest absolute Gasteiger partial charge is 0.435 e. The lowest BCUT2D eigenvalue weighted by Gasteiger charge is -2.05. The maximum absolute atomic E-state index is 12.7. The quantitative estimate of drug-likeness (QED) is 0.714. The molecule has 0 aliphatic carbocycles. The second kappa shape index (κ2) is 6.24. The van der Waals surface area contributed by atoms with E-state index in [1.165, 1.54) is 10.9 Å². The van der Waals surface area contributed by atoms with Crippen LogP contribution in [0.5, 0.6) is 0 Å². The Labute approximate surface area is 147 Å². The highest BCUT2D eigenvalue weighted by Gasteiger charge is 2.33. The highest BCUT2D eigenvalue weighted by Crippen LogP contribution is 2.29. The summed E-state index contributed by atoms with van der Waals surface area (Å²) in [6.45, 7) is 1.89. The van der Waals surface area contributed by atoms with E-state index in [1.807, 2.05) is 0 Å². The Morgan fingerprint density at radius 2 is 1.92 bits per heavy atom. The number of benzene rings is 1. The van der Waals surface area contributed by atoms with Crippen molar-refractivity contribution in [1.82, 2.24) is 24.8 Å². The minimum absolute atomic E-state index is 0.241. The molecular weight excluding hydrogens is 347 g/mol. The fraction of sp³-hybridized carbons (Fsp3) is 0.353. The molecule has 3 aromatic rings. The van der Waals surface area contributed by atoms with Crippen molar-refractivity contribution in [3.8, 4) is 17.1 Å². The Balaban J connectivity index is 1.53. The van der Waals surface area contributed by atoms with Gasteiger partial charge in [-0.2, -0.15) is 23.3 Å². The van der Waals surface area contributed by atoms with Crippen LogP contribution in [0.1, 0.15) is 23.9 Å². The number of hydrogen-bond acceptors (Lipinski definition) is 5. The maximum atomic E-state index is 12.7. The summed E-state index contributed by atoms with van der Waals surface area (Å²) in [5.41, 5.74) is 0.328. The number of nitrogens with zero attached hydrogens (tertiary/aromatic N) is 5. The first-order chi connectivity index (χ1) is 12.4. The first-order valence-electron chi connectivity index (χ1n) is 8.16. The topological polar surface area (TPSA) is 60.0 Å². The third kappa shape index (κ3) is 3.22. The number of halogens is 3. The summed E-state index contributed by atoms with van der Waals surface area (Å²) in [4.78, 5) is 6.67. The summed E-state index contributed by atoms with van der Waals surface area (Å²) in [7, 11) is 2.05. The Hall–Kier alpha value is -2.68. The molecule has 0 spiro atoms. The predicted octanol–water partition coefficient (Wildman–Crippen LogP) is 3.36. The van der Waals surface area contributed by atoms with Crippen molar-refractivity contribution in [2.75, 3.05) is 20.1 Å². The zero-order valence-corrected chi connectivity index (χ0v) is 13.9. The van der Waals surface area contributed by atoms with Crippen LogP contribution in [0.2, 0.25) is 0 Å². The van der Waals surface area contributed by atoms with Crippen molar-refractivity contribution >= 4 is 0 Å². The second-order valence-electron chi connectivity index (χ2n) is 6.39. The molecule has 2 aromatic heterocycles. The number of alkyl halides is 3. The molecule has 0 amide bonds. The van der Waals surface area contributed by atoms with Crippen molar-refractivity contribution in [2.24, 2.45) is 0 Å². The molecule has 0 radical (unpaired) electrons. The van der Waals surface area contributed by atoms with Crippen LogP contribution in [0.15, 0.2) is 41.1 Å². The molecule has 1 aliphatic heterocycles. The van der Waals surface area contributed by atoms with Gasteiger partial charge in [-0.25, -0.2) is 4.68 Å². The number of aromatic nitrogens is 4. The fourth-order valence-electron chi connectivity index (χ4n) is 3.04. The summed E-state index contributed by atoms with van der Waals surface area (Å²) in [6, 6.07) is 7.75. The van der Waals surface area contributed by atoms with E-state index in [2.05, 4.69) is 27.2 Å². The van der Waals surface area contributed by atoms with Crippen molar-refractivity contribution < 1.29 is 17.7 Å². The molecule has 9 heteroatoms. The Bertz CT molecular complexity index is 900. The molecule has 1 atom stereocenters. The Kier molecular flexibility index (Phi) is 4.03. The van der Waals surface area contributed by atoms with Crippen LogP contribution >= 0.6 is 0 Å². The smallest absolute Gasteiger partial charge is 0.339 e. The van der Waals surface area contributed by atoms with Crippen molar-refractivity contribution in [1.29, 1.82) is 0 Å². The van der Waals surface area contributed by atoms with E-state index < -0.39 is 11.9 Å². The second-order valence-corrected chi connectivity index (χ2v) is 6.39. The molecular formula is C17H16F3N5O. The Morgan fingerprint density at radius 3 is 2.54 bits per heavy atom. The van der Waals surface area contributed by atoms with Gasteiger partial charge in [0.1, 0.15) is 0 Å². The van der Waals surface area contributed by atoms with Gasteiger partial charge in [-0.3, -0.25) is 0 Å². The molecule has 1 fully saturated rings. The molecule has 0 N–H and O–H groups in total. The average Bonchev–Trinajstić information content (AvgIpc) is 3.34. The van der Waals surface area contributed by atoms with Gasteiger partial charge in [0.2, 0.25) is 11.7 Å².